The van der Waals surface area contributed by atoms with Crippen molar-refractivity contribution in [3.63, 3.8) is 0 Å². The van der Waals surface area contributed by atoms with Crippen LogP contribution in [-0.2, 0) is 0 Å². The van der Waals surface area contributed by atoms with Crippen LogP contribution in [0.1, 0.15) is 33.0 Å². The molecule has 0 bridgehead atoms. The third-order valence-corrected chi connectivity index (χ3v) is 6.49. The van der Waals surface area contributed by atoms with E-state index in [2.05, 4.69) is 34.0 Å². The summed E-state index contributed by atoms with van der Waals surface area (Å²) >= 11 is 16.4. The summed E-state index contributed by atoms with van der Waals surface area (Å²) in [6.07, 6.45) is 0. The summed E-state index contributed by atoms with van der Waals surface area (Å²) < 4.78 is 1.28. The van der Waals surface area contributed by atoms with E-state index in [1.54, 1.807) is 48.5 Å². The molecule has 0 aliphatic rings. The number of nitrogens with zero attached hydrogens (tertiary/aromatic N) is 1. The molecule has 1 amide bonds. The number of hydrogen-bond acceptors (Lipinski definition) is 3. The van der Waals surface area contributed by atoms with Gasteiger partial charge in [-0.2, -0.15) is 5.26 Å². The summed E-state index contributed by atoms with van der Waals surface area (Å²) in [6.45, 7) is 1.81. The Kier molecular flexibility index (Phi) is 9.95. The van der Waals surface area contributed by atoms with E-state index in [1.165, 1.54) is 0 Å². The van der Waals surface area contributed by atoms with Crippen molar-refractivity contribution in [2.75, 3.05) is 5.32 Å². The van der Waals surface area contributed by atoms with E-state index >= 15 is 0 Å². The Bertz CT molecular complexity index is 1180. The number of halogens is 4. The maximum Gasteiger partial charge on any atom is 1.00 e. The molecule has 9 heteroatoms. The predicted molar refractivity (Wildman–Crippen MR) is 134 cm³/mol. The van der Waals surface area contributed by atoms with Crippen LogP contribution in [0.4, 0.5) is 5.69 Å². The van der Waals surface area contributed by atoms with Crippen molar-refractivity contribution < 1.29 is 39.5 Å². The van der Waals surface area contributed by atoms with E-state index in [-0.39, 0.29) is 40.9 Å². The van der Waals surface area contributed by atoms with Gasteiger partial charge in [0.25, 0.3) is 5.91 Å². The van der Waals surface area contributed by atoms with Crippen molar-refractivity contribution in [2.45, 2.75) is 12.8 Å². The van der Waals surface area contributed by atoms with E-state index in [1.807, 2.05) is 29.5 Å². The molecule has 0 unspecified atom stereocenters. The number of rotatable bonds is 4. The zero-order chi connectivity index (χ0) is 22.0. The normalized spacial score (nSPS) is 11.2. The van der Waals surface area contributed by atoms with E-state index in [4.69, 9.17) is 23.2 Å². The fourth-order valence-corrected chi connectivity index (χ4v) is 5.20. The minimum Gasteiger partial charge on any atom is -0.871 e. The molecule has 31 heavy (non-hydrogen) atoms. The second kappa shape index (κ2) is 11.5. The molecular formula is C22H13Cl2I2N2NaO2. The molecule has 0 saturated heterocycles. The van der Waals surface area contributed by atoms with Crippen molar-refractivity contribution in [1.82, 2.24) is 0 Å². The molecule has 3 aromatic rings. The second-order valence-corrected chi connectivity index (χ2v) is 9.77. The summed E-state index contributed by atoms with van der Waals surface area (Å²) in [5, 5.41) is 25.7. The third kappa shape index (κ3) is 6.28. The van der Waals surface area contributed by atoms with Crippen LogP contribution in [0.25, 0.3) is 0 Å². The van der Waals surface area contributed by atoms with Gasteiger partial charge in [0.05, 0.1) is 12.0 Å². The summed E-state index contributed by atoms with van der Waals surface area (Å²) in [7, 11) is 0. The Hall–Kier alpha value is -0.540. The third-order valence-electron chi connectivity index (χ3n) is 4.49. The van der Waals surface area contributed by atoms with Crippen LogP contribution in [0.3, 0.4) is 0 Å². The first-order valence-corrected chi connectivity index (χ1v) is 11.5. The SMILES string of the molecule is Cc1cc([C@@H](C#N)c2ccc(Cl)cc2)c(Cl)cc1NC(=O)c1cc(I)cc(I)c1[O-].[Na+]. The van der Waals surface area contributed by atoms with Gasteiger partial charge >= 0.3 is 29.6 Å². The minimum atomic E-state index is -0.580. The zero-order valence-corrected chi connectivity index (χ0v) is 24.3. The Balaban J connectivity index is 0.00000341. The monoisotopic (exact) mass is 684 g/mol. The number of amides is 1. The summed E-state index contributed by atoms with van der Waals surface area (Å²) in [4.78, 5) is 12.7. The summed E-state index contributed by atoms with van der Waals surface area (Å²) in [5.41, 5.74) is 2.68. The Morgan fingerprint density at radius 3 is 2.39 bits per heavy atom. The Labute approximate surface area is 239 Å². The molecule has 3 rings (SSSR count). The second-order valence-electron chi connectivity index (χ2n) is 6.52. The number of nitriles is 1. The predicted octanol–water partition coefficient (Wildman–Crippen LogP) is 3.50. The molecule has 0 heterocycles. The van der Waals surface area contributed by atoms with Crippen LogP contribution in [0.2, 0.25) is 10.0 Å². The van der Waals surface area contributed by atoms with Crippen LogP contribution in [0, 0.1) is 25.4 Å². The van der Waals surface area contributed by atoms with Crippen molar-refractivity contribution in [3.8, 4) is 11.8 Å². The van der Waals surface area contributed by atoms with E-state index in [9.17, 15) is 15.2 Å². The quantitative estimate of drug-likeness (QED) is 0.338. The van der Waals surface area contributed by atoms with Crippen LogP contribution < -0.4 is 40.0 Å². The minimum absolute atomic E-state index is 0. The molecule has 3 aromatic carbocycles. The topological polar surface area (TPSA) is 76.0 Å². The summed E-state index contributed by atoms with van der Waals surface area (Å²) in [5.74, 6) is -1.40. The van der Waals surface area contributed by atoms with Crippen molar-refractivity contribution in [1.29, 1.82) is 5.26 Å². The van der Waals surface area contributed by atoms with Crippen molar-refractivity contribution >= 4 is 80.0 Å². The van der Waals surface area contributed by atoms with Gasteiger partial charge in [0.2, 0.25) is 0 Å². The van der Waals surface area contributed by atoms with Gasteiger partial charge in [-0.25, -0.2) is 0 Å². The number of carbonyl (C=O) groups is 1. The van der Waals surface area contributed by atoms with Gasteiger partial charge in [-0.1, -0.05) is 47.2 Å². The standard InChI is InChI=1S/C22H14Cl2I2N2O2.Na/c1-11-6-15(17(10-27)12-2-4-13(23)5-3-12)18(24)9-20(11)28-22(30)16-7-14(25)8-19(26)21(16)29;/h2-9,17,29H,1H3,(H,28,30);/q;+1/p-1/t17-;/m0./s1. The Morgan fingerprint density at radius 2 is 1.77 bits per heavy atom. The van der Waals surface area contributed by atoms with Gasteiger partial charge in [0.15, 0.2) is 0 Å². The maximum atomic E-state index is 12.7. The number of nitrogens with one attached hydrogen (secondary N) is 1. The van der Waals surface area contributed by atoms with Crippen LogP contribution in [0.5, 0.6) is 5.75 Å². The fourth-order valence-electron chi connectivity index (χ4n) is 2.96. The molecule has 0 fully saturated rings. The van der Waals surface area contributed by atoms with E-state index in [0.29, 0.717) is 24.9 Å². The molecular weight excluding hydrogens is 672 g/mol. The molecule has 0 aliphatic carbocycles. The first kappa shape index (κ1) is 26.7. The van der Waals surface area contributed by atoms with Gasteiger partial charge < -0.3 is 10.4 Å². The number of anilines is 1. The molecule has 4 nitrogen and oxygen atoms in total. The molecule has 0 aromatic heterocycles. The average Bonchev–Trinajstić information content (AvgIpc) is 2.70. The number of aryl methyl sites for hydroxylation is 1. The Morgan fingerprint density at radius 1 is 1.13 bits per heavy atom. The smallest absolute Gasteiger partial charge is 0.871 e. The average molecular weight is 685 g/mol. The maximum absolute atomic E-state index is 12.7. The van der Waals surface area contributed by atoms with E-state index < -0.39 is 11.8 Å². The molecule has 0 saturated carbocycles. The van der Waals surface area contributed by atoms with Gasteiger partial charge in [-0.15, -0.1) is 0 Å². The number of hydrogen-bond donors (Lipinski definition) is 1. The summed E-state index contributed by atoms with van der Waals surface area (Å²) in [6, 6.07) is 15.9. The van der Waals surface area contributed by atoms with Crippen molar-refractivity contribution in [2.24, 2.45) is 0 Å². The van der Waals surface area contributed by atoms with Crippen molar-refractivity contribution in [3.05, 3.63) is 88.0 Å². The zero-order valence-electron chi connectivity index (χ0n) is 16.5. The molecule has 1 N–H and O–H groups in total. The largest absolute Gasteiger partial charge is 1.00 e. The fraction of sp³-hybridized carbons (Fsp3) is 0.0909. The van der Waals surface area contributed by atoms with Crippen LogP contribution >= 0.6 is 68.4 Å². The first-order valence-electron chi connectivity index (χ1n) is 8.63. The molecule has 152 valence electrons. The van der Waals surface area contributed by atoms with E-state index in [0.717, 1.165) is 14.7 Å². The number of benzene rings is 3. The molecule has 0 aliphatic heterocycles. The van der Waals surface area contributed by atoms with Crippen LogP contribution in [0.15, 0.2) is 48.5 Å². The van der Waals surface area contributed by atoms with Gasteiger partial charge in [-0.3, -0.25) is 4.79 Å². The van der Waals surface area contributed by atoms with Gasteiger partial charge in [0, 0.05) is 28.4 Å². The first-order chi connectivity index (χ1) is 14.2. The van der Waals surface area contributed by atoms with Gasteiger partial charge in [-0.05, 0) is 99.1 Å². The number of carbonyl (C=O) groups excluding carboxylic acids is 1. The van der Waals surface area contributed by atoms with Gasteiger partial charge in [0.1, 0.15) is 0 Å². The molecule has 0 radical (unpaired) electrons. The molecule has 1 atom stereocenters. The molecule has 0 spiro atoms. The van der Waals surface area contributed by atoms with Crippen LogP contribution in [-0.4, -0.2) is 5.91 Å².